The zero-order chi connectivity index (χ0) is 29.0. The maximum absolute atomic E-state index is 13.4. The zero-order valence-corrected chi connectivity index (χ0v) is 21.9. The van der Waals surface area contributed by atoms with Gasteiger partial charge in [-0.1, -0.05) is 36.4 Å². The minimum absolute atomic E-state index is 0.00875. The summed E-state index contributed by atoms with van der Waals surface area (Å²) in [6, 6.07) is 17.4. The Morgan fingerprint density at radius 2 is 1.88 bits per heavy atom. The van der Waals surface area contributed by atoms with Crippen LogP contribution in [0.25, 0.3) is 0 Å². The van der Waals surface area contributed by atoms with Crippen molar-refractivity contribution >= 4 is 57.3 Å². The lowest BCUT2D eigenvalue weighted by atomic mass is 9.79. The molecule has 0 unspecified atom stereocenters. The van der Waals surface area contributed by atoms with Gasteiger partial charge in [-0.2, -0.15) is 8.42 Å². The summed E-state index contributed by atoms with van der Waals surface area (Å²) in [6.07, 6.45) is 1.33. The van der Waals surface area contributed by atoms with E-state index in [1.54, 1.807) is 30.3 Å². The van der Waals surface area contributed by atoms with E-state index in [1.165, 1.54) is 30.3 Å². The highest BCUT2D eigenvalue weighted by atomic mass is 32.2. The van der Waals surface area contributed by atoms with E-state index >= 15 is 0 Å². The third-order valence-corrected chi connectivity index (χ3v) is 7.19. The van der Waals surface area contributed by atoms with Crippen molar-refractivity contribution in [3.8, 4) is 0 Å². The van der Waals surface area contributed by atoms with Gasteiger partial charge in [-0.3, -0.25) is 20.2 Å². The first-order valence-corrected chi connectivity index (χ1v) is 13.5. The molecule has 0 bridgehead atoms. The Hall–Kier alpha value is -5.06. The van der Waals surface area contributed by atoms with Gasteiger partial charge < -0.3 is 19.7 Å². The molecule has 0 saturated carbocycles. The largest absolute Gasteiger partial charge is 0.491 e. The van der Waals surface area contributed by atoms with Crippen LogP contribution in [0.1, 0.15) is 11.1 Å². The van der Waals surface area contributed by atoms with Gasteiger partial charge in [0, 0.05) is 11.8 Å². The lowest BCUT2D eigenvalue weighted by Gasteiger charge is -2.15. The van der Waals surface area contributed by atoms with Crippen molar-refractivity contribution in [1.82, 2.24) is 9.97 Å². The van der Waals surface area contributed by atoms with Crippen molar-refractivity contribution in [3.05, 3.63) is 100 Å². The first kappa shape index (κ1) is 27.5. The van der Waals surface area contributed by atoms with Gasteiger partial charge in [-0.25, -0.2) is 14.8 Å². The van der Waals surface area contributed by atoms with Crippen LogP contribution >= 0.6 is 0 Å². The average molecular weight is 576 g/mol. The number of nitro groups is 1. The highest BCUT2D eigenvalue weighted by Crippen LogP contribution is 2.28. The van der Waals surface area contributed by atoms with Gasteiger partial charge in [0.1, 0.15) is 18.6 Å². The molecule has 5 rings (SSSR count). The molecule has 0 radical (unpaired) electrons. The summed E-state index contributed by atoms with van der Waals surface area (Å²) in [5, 5.41) is 25.8. The molecule has 1 aliphatic rings. The maximum Gasteiger partial charge on any atom is 0.491 e. The Balaban J connectivity index is 1.41. The molecule has 1 amide bonds. The molecule has 16 heteroatoms. The van der Waals surface area contributed by atoms with E-state index in [0.29, 0.717) is 5.46 Å². The Labute approximate surface area is 233 Å². The zero-order valence-electron chi connectivity index (χ0n) is 21.1. The van der Waals surface area contributed by atoms with Crippen LogP contribution in [0.3, 0.4) is 0 Å². The molecule has 2 aromatic carbocycles. The summed E-state index contributed by atoms with van der Waals surface area (Å²) in [5.41, 5.74) is 1.82. The lowest BCUT2D eigenvalue weighted by Crippen LogP contribution is -2.28. The minimum atomic E-state index is -4.34. The number of aromatic nitrogens is 2. The van der Waals surface area contributed by atoms with Gasteiger partial charge in [0.05, 0.1) is 29.1 Å². The molecule has 0 fully saturated rings. The predicted octanol–water partition coefficient (Wildman–Crippen LogP) is 2.90. The van der Waals surface area contributed by atoms with Gasteiger partial charge in [0.2, 0.25) is 0 Å². The van der Waals surface area contributed by atoms with Crippen molar-refractivity contribution in [2.45, 2.75) is 18.2 Å². The number of sulfonamides is 1. The van der Waals surface area contributed by atoms with Crippen LogP contribution in [-0.4, -0.2) is 41.5 Å². The van der Waals surface area contributed by atoms with Crippen molar-refractivity contribution in [2.24, 2.45) is 0 Å². The van der Waals surface area contributed by atoms with Crippen LogP contribution in [0.2, 0.25) is 0 Å². The van der Waals surface area contributed by atoms with Gasteiger partial charge in [-0.15, -0.1) is 0 Å². The van der Waals surface area contributed by atoms with Gasteiger partial charge in [0.15, 0.2) is 5.03 Å². The summed E-state index contributed by atoms with van der Waals surface area (Å²) >= 11 is 0. The van der Waals surface area contributed by atoms with E-state index in [-0.39, 0.29) is 41.8 Å². The van der Waals surface area contributed by atoms with Crippen LogP contribution in [0.15, 0.2) is 84.1 Å². The molecule has 3 heterocycles. The highest BCUT2D eigenvalue weighted by Gasteiger charge is 2.29. The Kier molecular flexibility index (Phi) is 7.78. The number of carbonyl (C=O) groups is 1. The molecular weight excluding hydrogens is 555 g/mol. The number of hydrogen-bond donors (Lipinski definition) is 4. The Bertz CT molecular complexity index is 1710. The summed E-state index contributed by atoms with van der Waals surface area (Å²) in [6.45, 7) is 0.207. The fourth-order valence-corrected chi connectivity index (χ4v) is 5.01. The van der Waals surface area contributed by atoms with Crippen molar-refractivity contribution in [2.75, 3.05) is 15.4 Å². The monoisotopic (exact) mass is 576 g/mol. The van der Waals surface area contributed by atoms with Gasteiger partial charge in [-0.05, 0) is 40.9 Å². The Morgan fingerprint density at radius 1 is 1.07 bits per heavy atom. The van der Waals surface area contributed by atoms with E-state index in [9.17, 15) is 28.4 Å². The number of fused-ring (bicyclic) bond motifs is 1. The van der Waals surface area contributed by atoms with E-state index in [2.05, 4.69) is 25.3 Å². The molecule has 41 heavy (non-hydrogen) atoms. The average Bonchev–Trinajstić information content (AvgIpc) is 3.32. The van der Waals surface area contributed by atoms with E-state index in [1.807, 2.05) is 6.07 Å². The van der Waals surface area contributed by atoms with E-state index in [0.717, 1.165) is 23.5 Å². The topological polar surface area (TPSA) is 195 Å². The number of nitrogens with zero attached hydrogens (tertiary/aromatic N) is 3. The number of ether oxygens (including phenoxy) is 1. The first-order valence-electron chi connectivity index (χ1n) is 12.0. The fraction of sp³-hybridized carbons (Fsp3) is 0.0800. The number of rotatable bonds is 9. The molecule has 0 saturated heterocycles. The number of hydrogen-bond acceptors (Lipinski definition) is 11. The standard InChI is InChI=1S/C25H21BN6O8S/c33-25(39-14-16-4-2-1-3-5-16)29-19-11-22(30-23-9-8-20(13-27-23)32(35)36)24(28-12-19)41(37,38)31-18-7-6-17-15-40-26(34)21(17)10-18/h1-13,31,34H,14-15H2,(H,27,30)(H,29,33). The maximum atomic E-state index is 13.4. The molecule has 14 nitrogen and oxygen atoms in total. The number of carbonyl (C=O) groups excluding carboxylic acids is 1. The number of anilines is 4. The molecular formula is C25H21BN6O8S. The summed E-state index contributed by atoms with van der Waals surface area (Å²) < 4.78 is 39.6. The third-order valence-electron chi connectivity index (χ3n) is 5.85. The molecule has 2 aromatic heterocycles. The van der Waals surface area contributed by atoms with Crippen LogP contribution < -0.4 is 20.8 Å². The normalized spacial score (nSPS) is 12.4. The number of amides is 1. The number of nitrogens with one attached hydrogen (secondary N) is 3. The quantitative estimate of drug-likeness (QED) is 0.130. The summed E-state index contributed by atoms with van der Waals surface area (Å²) in [7, 11) is -5.51. The molecule has 4 aromatic rings. The summed E-state index contributed by atoms with van der Waals surface area (Å²) in [4.78, 5) is 30.7. The lowest BCUT2D eigenvalue weighted by molar-refractivity contribution is -0.385. The van der Waals surface area contributed by atoms with Crippen molar-refractivity contribution < 1.29 is 32.6 Å². The molecule has 4 N–H and O–H groups in total. The van der Waals surface area contributed by atoms with Gasteiger partial charge in [0.25, 0.3) is 15.7 Å². The number of benzene rings is 2. The van der Waals surface area contributed by atoms with E-state index < -0.39 is 33.2 Å². The smallest absolute Gasteiger partial charge is 0.444 e. The second-order valence-corrected chi connectivity index (χ2v) is 10.3. The predicted molar refractivity (Wildman–Crippen MR) is 148 cm³/mol. The molecule has 208 valence electrons. The van der Waals surface area contributed by atoms with Crippen molar-refractivity contribution in [1.29, 1.82) is 0 Å². The first-order chi connectivity index (χ1) is 19.7. The minimum Gasteiger partial charge on any atom is -0.444 e. The van der Waals surface area contributed by atoms with E-state index in [4.69, 9.17) is 9.39 Å². The number of pyridine rings is 2. The van der Waals surface area contributed by atoms with Crippen molar-refractivity contribution in [3.63, 3.8) is 0 Å². The molecule has 0 spiro atoms. The highest BCUT2D eigenvalue weighted by molar-refractivity contribution is 7.92. The summed E-state index contributed by atoms with van der Waals surface area (Å²) in [5.74, 6) is 0.0791. The molecule has 0 atom stereocenters. The van der Waals surface area contributed by atoms with Crippen LogP contribution in [0.4, 0.5) is 33.4 Å². The van der Waals surface area contributed by atoms with Crippen LogP contribution in [0.5, 0.6) is 0 Å². The van der Waals surface area contributed by atoms with Gasteiger partial charge >= 0.3 is 13.2 Å². The second kappa shape index (κ2) is 11.6. The van der Waals surface area contributed by atoms with Crippen LogP contribution in [0, 0.1) is 10.1 Å². The third kappa shape index (κ3) is 6.58. The van der Waals surface area contributed by atoms with Crippen LogP contribution in [-0.2, 0) is 32.6 Å². The fourth-order valence-electron chi connectivity index (χ4n) is 3.89. The molecule has 1 aliphatic heterocycles. The second-order valence-electron chi connectivity index (χ2n) is 8.73. The SMILES string of the molecule is O=C(Nc1cnc(S(=O)(=O)Nc2ccc3c(c2)B(O)OC3)c(Nc2ccc([N+](=O)[O-])cn2)c1)OCc1ccccc1. The Morgan fingerprint density at radius 3 is 2.61 bits per heavy atom. The molecule has 0 aliphatic carbocycles.